The number of aliphatic hydroxyl groups excluding tert-OH is 2. The van der Waals surface area contributed by atoms with Crippen LogP contribution in [0.3, 0.4) is 0 Å². The van der Waals surface area contributed by atoms with Crippen molar-refractivity contribution < 1.29 is 20.1 Å². The second kappa shape index (κ2) is 5.64. The number of rotatable bonds is 7. The van der Waals surface area contributed by atoms with Crippen molar-refractivity contribution in [3.05, 3.63) is 0 Å². The van der Waals surface area contributed by atoms with Gasteiger partial charge in [0.1, 0.15) is 0 Å². The molecule has 0 amide bonds. The zero-order valence-corrected chi connectivity index (χ0v) is 10.7. The van der Waals surface area contributed by atoms with Crippen LogP contribution in [0.2, 0.25) is 0 Å². The van der Waals surface area contributed by atoms with Gasteiger partial charge in [0.15, 0.2) is 0 Å². The molecule has 0 aromatic heterocycles. The van der Waals surface area contributed by atoms with Gasteiger partial charge < -0.3 is 15.3 Å². The molecule has 0 rings (SSSR count). The monoisotopic (exact) mass is 232 g/mol. The Morgan fingerprint density at radius 1 is 1.25 bits per heavy atom. The Morgan fingerprint density at radius 2 is 1.75 bits per heavy atom. The van der Waals surface area contributed by atoms with Gasteiger partial charge in [-0.1, -0.05) is 20.8 Å². The molecule has 0 bridgehead atoms. The van der Waals surface area contributed by atoms with Gasteiger partial charge >= 0.3 is 5.97 Å². The van der Waals surface area contributed by atoms with E-state index in [2.05, 4.69) is 0 Å². The fraction of sp³-hybridized carbons (Fsp3) is 0.917. The van der Waals surface area contributed by atoms with Gasteiger partial charge in [0.05, 0.1) is 11.5 Å². The Kier molecular flexibility index (Phi) is 5.42. The highest BCUT2D eigenvalue weighted by Gasteiger charge is 2.41. The lowest BCUT2D eigenvalue weighted by atomic mass is 9.72. The van der Waals surface area contributed by atoms with Crippen LogP contribution in [0.5, 0.6) is 0 Å². The third-order valence-electron chi connectivity index (χ3n) is 3.88. The minimum atomic E-state index is -1.13. The predicted molar refractivity (Wildman–Crippen MR) is 62.1 cm³/mol. The van der Waals surface area contributed by atoms with Gasteiger partial charge in [-0.2, -0.15) is 0 Å². The fourth-order valence-electron chi connectivity index (χ4n) is 1.54. The smallest absolute Gasteiger partial charge is 0.311 e. The molecule has 0 aromatic rings. The highest BCUT2D eigenvalue weighted by atomic mass is 16.4. The third kappa shape index (κ3) is 3.19. The normalized spacial score (nSPS) is 20.9. The summed E-state index contributed by atoms with van der Waals surface area (Å²) in [4.78, 5) is 11.1. The van der Waals surface area contributed by atoms with Gasteiger partial charge in [-0.25, -0.2) is 0 Å². The largest absolute Gasteiger partial charge is 0.481 e. The molecule has 0 spiro atoms. The lowest BCUT2D eigenvalue weighted by Gasteiger charge is -2.35. The molecule has 4 nitrogen and oxygen atoms in total. The minimum absolute atomic E-state index is 0.0417. The molecule has 0 saturated heterocycles. The summed E-state index contributed by atoms with van der Waals surface area (Å²) >= 11 is 0. The second-order valence-corrected chi connectivity index (χ2v) is 5.12. The highest BCUT2D eigenvalue weighted by molar-refractivity contribution is 5.74. The zero-order valence-electron chi connectivity index (χ0n) is 10.7. The molecule has 3 atom stereocenters. The average Bonchev–Trinajstić information content (AvgIpc) is 2.27. The summed E-state index contributed by atoms with van der Waals surface area (Å²) in [5.41, 5.74) is -1.54. The summed E-state index contributed by atoms with van der Waals surface area (Å²) < 4.78 is 0. The van der Waals surface area contributed by atoms with Crippen molar-refractivity contribution in [2.45, 2.75) is 53.1 Å². The lowest BCUT2D eigenvalue weighted by Crippen LogP contribution is -2.42. The van der Waals surface area contributed by atoms with Crippen LogP contribution in [0.1, 0.15) is 47.0 Å². The SMILES string of the molecule is CCC(C)(CO)CC(O)C(C)(CC)C(=O)O. The standard InChI is InChI=1S/C12H24O4/c1-5-11(3,8-13)7-9(14)12(4,6-2)10(15)16/h9,13-14H,5-8H2,1-4H3,(H,15,16). The maximum absolute atomic E-state index is 11.1. The van der Waals surface area contributed by atoms with Crippen molar-refractivity contribution in [2.24, 2.45) is 10.8 Å². The van der Waals surface area contributed by atoms with E-state index in [0.29, 0.717) is 19.3 Å². The van der Waals surface area contributed by atoms with Crippen LogP contribution in [0, 0.1) is 10.8 Å². The van der Waals surface area contributed by atoms with Gasteiger partial charge in [-0.3, -0.25) is 4.79 Å². The molecule has 0 aromatic carbocycles. The van der Waals surface area contributed by atoms with E-state index in [0.717, 1.165) is 0 Å². The molecule has 3 unspecified atom stereocenters. The molecule has 0 aliphatic rings. The van der Waals surface area contributed by atoms with E-state index in [1.807, 2.05) is 13.8 Å². The molecule has 0 aliphatic heterocycles. The van der Waals surface area contributed by atoms with Crippen LogP contribution in [-0.4, -0.2) is 34.0 Å². The Hall–Kier alpha value is -0.610. The number of carboxylic acid groups (broad SMARTS) is 1. The highest BCUT2D eigenvalue weighted by Crippen LogP contribution is 2.35. The number of carboxylic acids is 1. The first-order chi connectivity index (χ1) is 7.25. The summed E-state index contributed by atoms with van der Waals surface area (Å²) in [6, 6.07) is 0. The number of aliphatic hydroxyl groups is 2. The van der Waals surface area contributed by atoms with Crippen molar-refractivity contribution in [1.29, 1.82) is 0 Å². The number of hydrogen-bond acceptors (Lipinski definition) is 3. The Bertz CT molecular complexity index is 235. The Morgan fingerprint density at radius 3 is 2.00 bits per heavy atom. The molecule has 96 valence electrons. The molecule has 0 aliphatic carbocycles. The molecule has 0 fully saturated rings. The van der Waals surface area contributed by atoms with E-state index >= 15 is 0 Å². The maximum Gasteiger partial charge on any atom is 0.311 e. The molecule has 0 radical (unpaired) electrons. The summed E-state index contributed by atoms with van der Waals surface area (Å²) in [6.07, 6.45) is 0.442. The fourth-order valence-corrected chi connectivity index (χ4v) is 1.54. The van der Waals surface area contributed by atoms with E-state index in [1.165, 1.54) is 0 Å². The molecular weight excluding hydrogens is 208 g/mol. The maximum atomic E-state index is 11.1. The van der Waals surface area contributed by atoms with E-state index in [9.17, 15) is 15.0 Å². The zero-order chi connectivity index (χ0) is 13.0. The number of hydrogen-bond donors (Lipinski definition) is 3. The van der Waals surface area contributed by atoms with Gasteiger partial charge in [0.25, 0.3) is 0 Å². The van der Waals surface area contributed by atoms with Crippen molar-refractivity contribution in [2.75, 3.05) is 6.61 Å². The molecular formula is C12H24O4. The van der Waals surface area contributed by atoms with Gasteiger partial charge in [-0.15, -0.1) is 0 Å². The van der Waals surface area contributed by atoms with Crippen molar-refractivity contribution >= 4 is 5.97 Å². The van der Waals surface area contributed by atoms with Crippen molar-refractivity contribution in [1.82, 2.24) is 0 Å². The quantitative estimate of drug-likeness (QED) is 0.623. The second-order valence-electron chi connectivity index (χ2n) is 5.12. The van der Waals surface area contributed by atoms with Crippen LogP contribution in [0.15, 0.2) is 0 Å². The topological polar surface area (TPSA) is 77.8 Å². The summed E-state index contributed by atoms with van der Waals surface area (Å²) in [5.74, 6) is -0.987. The molecule has 0 heterocycles. The molecule has 3 N–H and O–H groups in total. The first-order valence-corrected chi connectivity index (χ1v) is 5.78. The van der Waals surface area contributed by atoms with E-state index in [4.69, 9.17) is 5.11 Å². The van der Waals surface area contributed by atoms with E-state index in [1.54, 1.807) is 13.8 Å². The predicted octanol–water partition coefficient (Wildman–Crippen LogP) is 1.65. The summed E-state index contributed by atoms with van der Waals surface area (Å²) in [6.45, 7) is 7.04. The van der Waals surface area contributed by atoms with Crippen LogP contribution < -0.4 is 0 Å². The summed E-state index contributed by atoms with van der Waals surface area (Å²) in [5, 5.41) is 28.4. The molecule has 4 heteroatoms. The van der Waals surface area contributed by atoms with E-state index < -0.39 is 22.9 Å². The first kappa shape index (κ1) is 15.4. The van der Waals surface area contributed by atoms with Crippen molar-refractivity contribution in [3.63, 3.8) is 0 Å². The number of aliphatic carboxylic acids is 1. The van der Waals surface area contributed by atoms with Gasteiger partial charge in [0, 0.05) is 6.61 Å². The lowest BCUT2D eigenvalue weighted by molar-refractivity contribution is -0.157. The van der Waals surface area contributed by atoms with Gasteiger partial charge in [-0.05, 0) is 31.6 Å². The minimum Gasteiger partial charge on any atom is -0.481 e. The van der Waals surface area contributed by atoms with E-state index in [-0.39, 0.29) is 6.61 Å². The van der Waals surface area contributed by atoms with Crippen LogP contribution in [0.4, 0.5) is 0 Å². The van der Waals surface area contributed by atoms with Crippen LogP contribution in [-0.2, 0) is 4.79 Å². The van der Waals surface area contributed by atoms with Crippen LogP contribution >= 0.6 is 0 Å². The van der Waals surface area contributed by atoms with Crippen LogP contribution in [0.25, 0.3) is 0 Å². The molecule has 0 saturated carbocycles. The summed E-state index contributed by atoms with van der Waals surface area (Å²) in [7, 11) is 0. The van der Waals surface area contributed by atoms with Gasteiger partial charge in [0.2, 0.25) is 0 Å². The number of carbonyl (C=O) groups is 1. The Balaban J connectivity index is 4.79. The first-order valence-electron chi connectivity index (χ1n) is 5.78. The molecule has 16 heavy (non-hydrogen) atoms. The third-order valence-corrected chi connectivity index (χ3v) is 3.88. The van der Waals surface area contributed by atoms with Crippen molar-refractivity contribution in [3.8, 4) is 0 Å². The Labute approximate surface area is 97.3 Å². The average molecular weight is 232 g/mol.